The first-order chi connectivity index (χ1) is 15.8. The summed E-state index contributed by atoms with van der Waals surface area (Å²) in [6.45, 7) is 4.06. The number of aryl methyl sites for hydroxylation is 2. The highest BCUT2D eigenvalue weighted by atomic mass is 16.6. The number of carboxylic acid groups (broad SMARTS) is 1. The Kier molecular flexibility index (Phi) is 7.19. The number of benzene rings is 2. The molecule has 0 saturated heterocycles. The number of nitrogens with zero attached hydrogens (tertiary/aromatic N) is 3. The van der Waals surface area contributed by atoms with Gasteiger partial charge in [0.1, 0.15) is 12.4 Å². The Hall–Kier alpha value is -4.47. The van der Waals surface area contributed by atoms with Crippen LogP contribution >= 0.6 is 0 Å². The topological polar surface area (TPSA) is 136 Å². The summed E-state index contributed by atoms with van der Waals surface area (Å²) >= 11 is 0. The molecule has 0 atom stereocenters. The third kappa shape index (κ3) is 5.82. The Balaban J connectivity index is 1.82. The smallest absolute Gasteiger partial charge is 0.337 e. The van der Waals surface area contributed by atoms with E-state index in [0.717, 1.165) is 16.7 Å². The van der Waals surface area contributed by atoms with Gasteiger partial charge in [-0.15, -0.1) is 0 Å². The molecule has 0 aliphatic rings. The lowest BCUT2D eigenvalue weighted by Crippen LogP contribution is -2.04. The standard InChI is InChI=1S/C23H22N4O6/c1-14-4-5-15(2)18(8-14)13-33-22-19(27(30)31)9-16(10-20(22)32-3)11-25-26-21-7-6-17(12-24-21)23(28)29/h4-12H,13H2,1-3H3,(H,24,26)(H,28,29)/b25-11+. The molecule has 2 N–H and O–H groups in total. The molecule has 0 saturated carbocycles. The molecule has 0 unspecified atom stereocenters. The van der Waals surface area contributed by atoms with Crippen LogP contribution < -0.4 is 14.9 Å². The number of nitrogens with one attached hydrogen (secondary N) is 1. The van der Waals surface area contributed by atoms with Gasteiger partial charge < -0.3 is 14.6 Å². The molecule has 0 amide bonds. The Morgan fingerprint density at radius 3 is 2.67 bits per heavy atom. The minimum atomic E-state index is -1.09. The molecule has 3 rings (SSSR count). The number of pyridine rings is 1. The Bertz CT molecular complexity index is 1210. The predicted octanol–water partition coefficient (Wildman–Crippen LogP) is 4.34. The van der Waals surface area contributed by atoms with Crippen molar-refractivity contribution in [3.05, 3.63) is 86.6 Å². The molecule has 0 fully saturated rings. The maximum atomic E-state index is 11.7. The summed E-state index contributed by atoms with van der Waals surface area (Å²) < 4.78 is 11.2. The molecular weight excluding hydrogens is 428 g/mol. The number of nitro benzene ring substituents is 1. The first-order valence-electron chi connectivity index (χ1n) is 9.82. The lowest BCUT2D eigenvalue weighted by molar-refractivity contribution is -0.386. The molecule has 0 aliphatic heterocycles. The second-order valence-electron chi connectivity index (χ2n) is 7.15. The van der Waals surface area contributed by atoms with E-state index in [2.05, 4.69) is 15.5 Å². The zero-order valence-corrected chi connectivity index (χ0v) is 18.2. The first-order valence-corrected chi connectivity index (χ1v) is 9.82. The van der Waals surface area contributed by atoms with Gasteiger partial charge in [0.05, 0.1) is 23.8 Å². The average Bonchev–Trinajstić information content (AvgIpc) is 2.79. The molecule has 10 heteroatoms. The molecule has 1 heterocycles. The Labute approximate surface area is 189 Å². The van der Waals surface area contributed by atoms with Crippen LogP contribution in [0.4, 0.5) is 11.5 Å². The molecule has 3 aromatic rings. The summed E-state index contributed by atoms with van der Waals surface area (Å²) in [5.41, 5.74) is 5.82. The van der Waals surface area contributed by atoms with Gasteiger partial charge in [-0.05, 0) is 43.2 Å². The van der Waals surface area contributed by atoms with Gasteiger partial charge in [0.2, 0.25) is 5.75 Å². The molecule has 0 spiro atoms. The average molecular weight is 450 g/mol. The quantitative estimate of drug-likeness (QED) is 0.279. The van der Waals surface area contributed by atoms with Gasteiger partial charge in [-0.2, -0.15) is 5.10 Å². The van der Waals surface area contributed by atoms with Gasteiger partial charge in [-0.25, -0.2) is 9.78 Å². The van der Waals surface area contributed by atoms with Crippen molar-refractivity contribution < 1.29 is 24.3 Å². The highest BCUT2D eigenvalue weighted by Gasteiger charge is 2.22. The maximum absolute atomic E-state index is 11.7. The van der Waals surface area contributed by atoms with Crippen LogP contribution in [0, 0.1) is 24.0 Å². The normalized spacial score (nSPS) is 10.8. The number of carbonyl (C=O) groups is 1. The molecule has 1 aromatic heterocycles. The minimum absolute atomic E-state index is 0.0273. The number of ether oxygens (including phenoxy) is 2. The highest BCUT2D eigenvalue weighted by molar-refractivity contribution is 5.87. The van der Waals surface area contributed by atoms with Crippen molar-refractivity contribution >= 4 is 23.7 Å². The zero-order valence-electron chi connectivity index (χ0n) is 18.2. The third-order valence-electron chi connectivity index (χ3n) is 4.75. The molecular formula is C23H22N4O6. The van der Waals surface area contributed by atoms with Crippen LogP contribution in [-0.4, -0.2) is 34.3 Å². The molecule has 170 valence electrons. The Morgan fingerprint density at radius 1 is 1.24 bits per heavy atom. The monoisotopic (exact) mass is 450 g/mol. The number of hydrogen-bond acceptors (Lipinski definition) is 8. The number of rotatable bonds is 9. The highest BCUT2D eigenvalue weighted by Crippen LogP contribution is 2.38. The van der Waals surface area contributed by atoms with Crippen LogP contribution in [0.1, 0.15) is 32.6 Å². The number of carboxylic acids is 1. The van der Waals surface area contributed by atoms with E-state index in [0.29, 0.717) is 11.4 Å². The van der Waals surface area contributed by atoms with Crippen LogP contribution in [-0.2, 0) is 6.61 Å². The van der Waals surface area contributed by atoms with Gasteiger partial charge in [0.15, 0.2) is 5.75 Å². The number of aromatic carboxylic acids is 1. The van der Waals surface area contributed by atoms with Crippen molar-refractivity contribution in [1.82, 2.24) is 4.98 Å². The van der Waals surface area contributed by atoms with Crippen LogP contribution in [0.25, 0.3) is 0 Å². The summed E-state index contributed by atoms with van der Waals surface area (Å²) in [5, 5.41) is 24.6. The first kappa shape index (κ1) is 23.2. The third-order valence-corrected chi connectivity index (χ3v) is 4.75. The number of methoxy groups -OCH3 is 1. The molecule has 0 radical (unpaired) electrons. The second-order valence-corrected chi connectivity index (χ2v) is 7.15. The van der Waals surface area contributed by atoms with E-state index >= 15 is 0 Å². The van der Waals surface area contributed by atoms with E-state index in [1.54, 1.807) is 6.07 Å². The van der Waals surface area contributed by atoms with E-state index in [9.17, 15) is 14.9 Å². The van der Waals surface area contributed by atoms with E-state index in [1.807, 2.05) is 32.0 Å². The van der Waals surface area contributed by atoms with Crippen LogP contribution in [0.5, 0.6) is 11.5 Å². The molecule has 0 bridgehead atoms. The number of nitro groups is 1. The van der Waals surface area contributed by atoms with Gasteiger partial charge in [-0.1, -0.05) is 23.8 Å². The largest absolute Gasteiger partial charge is 0.493 e. The van der Waals surface area contributed by atoms with E-state index in [1.165, 1.54) is 37.7 Å². The fourth-order valence-electron chi connectivity index (χ4n) is 2.98. The van der Waals surface area contributed by atoms with Crippen LogP contribution in [0.3, 0.4) is 0 Å². The zero-order chi connectivity index (χ0) is 24.0. The number of hydrogen-bond donors (Lipinski definition) is 2. The van der Waals surface area contributed by atoms with Gasteiger partial charge in [-0.3, -0.25) is 15.5 Å². The SMILES string of the molecule is COc1cc(/C=N/Nc2ccc(C(=O)O)cn2)cc([N+](=O)[O-])c1OCc1cc(C)ccc1C. The van der Waals surface area contributed by atoms with E-state index in [4.69, 9.17) is 14.6 Å². The molecule has 10 nitrogen and oxygen atoms in total. The van der Waals surface area contributed by atoms with Crippen molar-refractivity contribution in [2.45, 2.75) is 20.5 Å². The maximum Gasteiger partial charge on any atom is 0.337 e. The molecule has 2 aromatic carbocycles. The van der Waals surface area contributed by atoms with E-state index < -0.39 is 10.9 Å². The number of anilines is 1. The molecule has 0 aliphatic carbocycles. The van der Waals surface area contributed by atoms with Crippen molar-refractivity contribution in [2.75, 3.05) is 12.5 Å². The van der Waals surface area contributed by atoms with Crippen molar-refractivity contribution in [1.29, 1.82) is 0 Å². The van der Waals surface area contributed by atoms with Gasteiger partial charge in [0.25, 0.3) is 0 Å². The van der Waals surface area contributed by atoms with Crippen LogP contribution in [0.2, 0.25) is 0 Å². The number of aromatic nitrogens is 1. The van der Waals surface area contributed by atoms with Crippen molar-refractivity contribution in [3.63, 3.8) is 0 Å². The Morgan fingerprint density at radius 2 is 2.03 bits per heavy atom. The predicted molar refractivity (Wildman–Crippen MR) is 122 cm³/mol. The van der Waals surface area contributed by atoms with Crippen molar-refractivity contribution in [3.8, 4) is 11.5 Å². The summed E-state index contributed by atoms with van der Waals surface area (Å²) in [5.74, 6) is -0.553. The molecule has 33 heavy (non-hydrogen) atoms. The van der Waals surface area contributed by atoms with Gasteiger partial charge >= 0.3 is 11.7 Å². The van der Waals surface area contributed by atoms with Crippen LogP contribution in [0.15, 0.2) is 53.8 Å². The summed E-state index contributed by atoms with van der Waals surface area (Å²) in [4.78, 5) is 26.0. The van der Waals surface area contributed by atoms with Gasteiger partial charge in [0, 0.05) is 17.8 Å². The summed E-state index contributed by atoms with van der Waals surface area (Å²) in [6, 6.07) is 11.6. The summed E-state index contributed by atoms with van der Waals surface area (Å²) in [6.07, 6.45) is 2.55. The summed E-state index contributed by atoms with van der Waals surface area (Å²) in [7, 11) is 1.40. The van der Waals surface area contributed by atoms with Crippen molar-refractivity contribution in [2.24, 2.45) is 5.10 Å². The number of hydrazone groups is 1. The fourth-order valence-corrected chi connectivity index (χ4v) is 2.98. The fraction of sp³-hybridized carbons (Fsp3) is 0.174. The lowest BCUT2D eigenvalue weighted by atomic mass is 10.1. The minimum Gasteiger partial charge on any atom is -0.493 e. The lowest BCUT2D eigenvalue weighted by Gasteiger charge is -2.13. The second kappa shape index (κ2) is 10.2. The van der Waals surface area contributed by atoms with E-state index in [-0.39, 0.29) is 29.4 Å².